The molecule has 22 nitrogen and oxygen atoms in total. The van der Waals surface area contributed by atoms with Crippen LogP contribution >= 0.6 is 47.0 Å². The molecular weight excluding hydrogens is 1220 g/mol. The molecule has 88 heavy (non-hydrogen) atoms. The number of hydrogen-bond acceptors (Lipinski definition) is 24. The number of carbonyl (C=O) groups is 2. The summed E-state index contributed by atoms with van der Waals surface area (Å²) in [5.41, 5.74) is 5.33. The topological polar surface area (TPSA) is 207 Å². The Hall–Kier alpha value is -2.46. The molecule has 2 aliphatic heterocycles. The Morgan fingerprint density at radius 3 is 0.716 bits per heavy atom. The average molecular weight is 1320 g/mol. The SMILES string of the molecule is COCCOCCOCCSC(SCCOCCOCCOC)c1ccc(C2=C3C(=O)N(CCOCCOCCOC)C(c4ccc(C(SCCOCCOCCOC)SCCOCCOCCOC)cc4)=C3C(=O)N2CCOCCOCCOC)cc1. The molecule has 4 rings (SSSR count). The molecule has 26 heteroatoms. The van der Waals surface area contributed by atoms with Crippen LogP contribution < -0.4 is 0 Å². The summed E-state index contributed by atoms with van der Waals surface area (Å²) in [5.74, 6) is 2.41. The highest BCUT2D eigenvalue weighted by Crippen LogP contribution is 2.48. The van der Waals surface area contributed by atoms with E-state index in [0.29, 0.717) is 208 Å². The number of thioether (sulfide) groups is 4. The first-order chi connectivity index (χ1) is 43.4. The van der Waals surface area contributed by atoms with E-state index in [-0.39, 0.29) is 47.3 Å². The van der Waals surface area contributed by atoms with E-state index in [1.165, 1.54) is 0 Å². The van der Waals surface area contributed by atoms with Gasteiger partial charge < -0.3 is 95.1 Å². The minimum absolute atomic E-state index is 0.0284. The zero-order valence-corrected chi connectivity index (χ0v) is 56.2. The fourth-order valence-corrected chi connectivity index (χ4v) is 13.5. The third-order valence-corrected chi connectivity index (χ3v) is 18.4. The Morgan fingerprint density at radius 1 is 0.284 bits per heavy atom. The maximum absolute atomic E-state index is 15.4. The Bertz CT molecular complexity index is 1950. The normalized spacial score (nSPS) is 13.6. The molecule has 2 heterocycles. The molecule has 0 saturated heterocycles. The van der Waals surface area contributed by atoms with Crippen LogP contribution in [0.25, 0.3) is 11.4 Å². The molecular formula is C62H100N2O20S4. The van der Waals surface area contributed by atoms with Gasteiger partial charge in [0, 0.05) is 78.8 Å². The lowest BCUT2D eigenvalue weighted by Gasteiger charge is -2.26. The first-order valence-electron chi connectivity index (χ1n) is 30.1. The highest BCUT2D eigenvalue weighted by Gasteiger charge is 2.48. The quantitative estimate of drug-likeness (QED) is 0.0512. The molecule has 2 aliphatic rings. The lowest BCUT2D eigenvalue weighted by molar-refractivity contribution is -0.124. The standard InChI is InChI=1S/C62H100N2O20S4/c1-67-19-25-75-33-31-73-17-15-63-57(51-7-11-53(12-8-51)61(85-47-43-81-39-35-77-27-21-69-3)86-48-44-82-40-36-78-28-22-70-4)55-56(59(63)65)58(64(60(55)66)16-18-74-32-34-76-26-20-68-2)52-9-13-54(14-10-52)62(87-49-45-83-41-37-79-29-23-71-5)88-50-46-84-42-38-80-30-24-72-6/h7-14,61-62H,15-50H2,1-6H3. The van der Waals surface area contributed by atoms with Crippen molar-refractivity contribution in [1.82, 2.24) is 9.80 Å². The van der Waals surface area contributed by atoms with Crippen molar-refractivity contribution in [3.05, 3.63) is 81.9 Å². The fraction of sp³-hybridized carbons (Fsp3) is 0.710. The predicted octanol–water partition coefficient (Wildman–Crippen LogP) is 6.50. The maximum Gasteiger partial charge on any atom is 0.261 e. The monoisotopic (exact) mass is 1320 g/mol. The lowest BCUT2D eigenvalue weighted by Crippen LogP contribution is -2.33. The fourth-order valence-electron chi connectivity index (χ4n) is 8.45. The second-order valence-corrected chi connectivity index (χ2v) is 24.5. The van der Waals surface area contributed by atoms with Crippen molar-refractivity contribution in [1.29, 1.82) is 0 Å². The van der Waals surface area contributed by atoms with E-state index in [0.717, 1.165) is 45.3 Å². The smallest absolute Gasteiger partial charge is 0.261 e. The Morgan fingerprint density at radius 2 is 0.489 bits per heavy atom. The number of benzene rings is 2. The van der Waals surface area contributed by atoms with Gasteiger partial charge in [-0.05, 0) is 22.3 Å². The van der Waals surface area contributed by atoms with E-state index in [9.17, 15) is 0 Å². The van der Waals surface area contributed by atoms with Gasteiger partial charge in [0.25, 0.3) is 11.8 Å². The molecule has 0 bridgehead atoms. The largest absolute Gasteiger partial charge is 0.382 e. The summed E-state index contributed by atoms with van der Waals surface area (Å²) in [6.45, 7) is 14.3. The van der Waals surface area contributed by atoms with Crippen molar-refractivity contribution >= 4 is 70.3 Å². The van der Waals surface area contributed by atoms with Gasteiger partial charge in [0.05, 0.1) is 230 Å². The van der Waals surface area contributed by atoms with Crippen molar-refractivity contribution < 1.29 is 94.9 Å². The van der Waals surface area contributed by atoms with Crippen LogP contribution in [-0.4, -0.2) is 299 Å². The highest BCUT2D eigenvalue weighted by atomic mass is 32.2. The minimum Gasteiger partial charge on any atom is -0.382 e. The van der Waals surface area contributed by atoms with Crippen LogP contribution in [0.15, 0.2) is 59.7 Å². The second-order valence-electron chi connectivity index (χ2n) is 19.1. The van der Waals surface area contributed by atoms with E-state index in [1.807, 2.05) is 24.3 Å². The molecule has 0 saturated carbocycles. The summed E-state index contributed by atoms with van der Waals surface area (Å²) in [4.78, 5) is 34.1. The van der Waals surface area contributed by atoms with Crippen LogP contribution in [0.4, 0.5) is 0 Å². The van der Waals surface area contributed by atoms with Gasteiger partial charge in [-0.15, -0.1) is 47.0 Å². The van der Waals surface area contributed by atoms with Gasteiger partial charge in [0.1, 0.15) is 0 Å². The van der Waals surface area contributed by atoms with Crippen molar-refractivity contribution in [2.45, 2.75) is 9.16 Å². The maximum atomic E-state index is 15.4. The Kier molecular flexibility index (Phi) is 46.9. The number of hydrogen-bond donors (Lipinski definition) is 0. The summed E-state index contributed by atoms with van der Waals surface area (Å²) >= 11 is 7.14. The molecule has 0 radical (unpaired) electrons. The molecule has 0 fully saturated rings. The number of fused-ring (bicyclic) bond motifs is 1. The summed E-state index contributed by atoms with van der Waals surface area (Å²) in [6.07, 6.45) is 0. The number of methoxy groups -OCH3 is 6. The number of rotatable bonds is 62. The van der Waals surface area contributed by atoms with Gasteiger partial charge in [-0.25, -0.2) is 0 Å². The molecule has 0 spiro atoms. The Balaban J connectivity index is 1.68. The van der Waals surface area contributed by atoms with Crippen molar-refractivity contribution in [3.63, 3.8) is 0 Å². The van der Waals surface area contributed by atoms with E-state index in [2.05, 4.69) is 24.3 Å². The molecule has 2 amide bonds. The summed E-state index contributed by atoms with van der Waals surface area (Å²) < 4.78 is 100. The van der Waals surface area contributed by atoms with Gasteiger partial charge in [0.15, 0.2) is 0 Å². The number of nitrogens with zero attached hydrogens (tertiary/aromatic N) is 2. The minimum atomic E-state index is -0.286. The average Bonchev–Trinajstić information content (AvgIpc) is 1.70. The zero-order chi connectivity index (χ0) is 62.8. The first kappa shape index (κ1) is 78.0. The van der Waals surface area contributed by atoms with Crippen LogP contribution in [0, 0.1) is 0 Å². The third-order valence-electron chi connectivity index (χ3n) is 12.8. The van der Waals surface area contributed by atoms with Gasteiger partial charge in [-0.3, -0.25) is 9.59 Å². The van der Waals surface area contributed by atoms with Crippen LogP contribution in [0.3, 0.4) is 0 Å². The molecule has 502 valence electrons. The highest BCUT2D eigenvalue weighted by molar-refractivity contribution is 8.16. The van der Waals surface area contributed by atoms with Crippen LogP contribution in [0.1, 0.15) is 31.4 Å². The van der Waals surface area contributed by atoms with Gasteiger partial charge in [-0.1, -0.05) is 48.5 Å². The molecule has 0 N–H and O–H groups in total. The molecule has 0 unspecified atom stereocenters. The molecule has 0 aromatic heterocycles. The van der Waals surface area contributed by atoms with E-state index < -0.39 is 0 Å². The van der Waals surface area contributed by atoms with Gasteiger partial charge >= 0.3 is 0 Å². The van der Waals surface area contributed by atoms with Crippen LogP contribution in [-0.2, 0) is 94.9 Å². The second kappa shape index (κ2) is 53.0. The van der Waals surface area contributed by atoms with Crippen LogP contribution in [0.5, 0.6) is 0 Å². The van der Waals surface area contributed by atoms with Crippen molar-refractivity contribution in [2.75, 3.05) is 277 Å². The number of carbonyl (C=O) groups excluding carboxylic acids is 2. The summed E-state index contributed by atoms with van der Waals surface area (Å²) in [6, 6.07) is 16.4. The molecule has 2 aromatic rings. The summed E-state index contributed by atoms with van der Waals surface area (Å²) in [7, 11) is 9.85. The number of ether oxygens (including phenoxy) is 18. The first-order valence-corrected chi connectivity index (χ1v) is 34.3. The van der Waals surface area contributed by atoms with E-state index >= 15 is 9.59 Å². The Labute approximate surface area is 540 Å². The van der Waals surface area contributed by atoms with E-state index in [4.69, 9.17) is 85.3 Å². The summed E-state index contributed by atoms with van der Waals surface area (Å²) in [5, 5.41) is 0. The van der Waals surface area contributed by atoms with Gasteiger partial charge in [0.2, 0.25) is 0 Å². The van der Waals surface area contributed by atoms with Crippen molar-refractivity contribution in [3.8, 4) is 0 Å². The van der Waals surface area contributed by atoms with Crippen molar-refractivity contribution in [2.24, 2.45) is 0 Å². The third kappa shape index (κ3) is 31.9. The lowest BCUT2D eigenvalue weighted by atomic mass is 10.0. The van der Waals surface area contributed by atoms with E-state index in [1.54, 1.807) is 99.5 Å². The molecule has 0 atom stereocenters. The molecule has 2 aromatic carbocycles. The van der Waals surface area contributed by atoms with Crippen LogP contribution in [0.2, 0.25) is 0 Å². The number of amides is 2. The molecule has 0 aliphatic carbocycles. The zero-order valence-electron chi connectivity index (χ0n) is 52.9. The predicted molar refractivity (Wildman–Crippen MR) is 347 cm³/mol. The van der Waals surface area contributed by atoms with Gasteiger partial charge in [-0.2, -0.15) is 0 Å².